The first-order chi connectivity index (χ1) is 16.3. The smallest absolute Gasteiger partial charge is 0.306 e. The molecule has 2 aliphatic rings. The van der Waals surface area contributed by atoms with Gasteiger partial charge in [-0.05, 0) is 25.0 Å². The van der Waals surface area contributed by atoms with Crippen LogP contribution < -0.4 is 0 Å². The molecular weight excluding hydrogens is 445 g/mol. The second kappa shape index (κ2) is 12.1. The Morgan fingerprint density at radius 2 is 1.65 bits per heavy atom. The second-order valence-corrected chi connectivity index (χ2v) is 8.23. The molecule has 182 valence electrons. The van der Waals surface area contributed by atoms with E-state index in [1.807, 2.05) is 0 Å². The quantitative estimate of drug-likeness (QED) is 0.185. The number of benzene rings is 1. The Morgan fingerprint density at radius 3 is 2.26 bits per heavy atom. The molecule has 34 heavy (non-hydrogen) atoms. The lowest BCUT2D eigenvalue weighted by Crippen LogP contribution is -2.40. The van der Waals surface area contributed by atoms with Crippen molar-refractivity contribution in [3.05, 3.63) is 35.4 Å². The van der Waals surface area contributed by atoms with E-state index in [2.05, 4.69) is 0 Å². The molecule has 4 atom stereocenters. The summed E-state index contributed by atoms with van der Waals surface area (Å²) >= 11 is 0. The van der Waals surface area contributed by atoms with Crippen molar-refractivity contribution >= 4 is 31.6 Å². The Balaban J connectivity index is 1.37. The number of carbonyl (C=O) groups is 4. The maximum Gasteiger partial charge on any atom is 0.306 e. The molecule has 1 unspecified atom stereocenters. The number of imide groups is 1. The normalized spacial score (nSPS) is 23.9. The molecule has 3 rings (SSSR count). The van der Waals surface area contributed by atoms with E-state index in [4.69, 9.17) is 27.2 Å². The highest BCUT2D eigenvalue weighted by atomic mass is 16.6. The van der Waals surface area contributed by atoms with Gasteiger partial charge in [-0.15, -0.1) is 0 Å². The highest BCUT2D eigenvalue weighted by molar-refractivity contribution is 6.21. The Labute approximate surface area is 198 Å². The number of carboxylic acid groups (broad SMARTS) is 1. The molecule has 0 bridgehead atoms. The summed E-state index contributed by atoms with van der Waals surface area (Å²) in [6.07, 6.45) is -0.290. The van der Waals surface area contributed by atoms with E-state index in [9.17, 15) is 24.3 Å². The summed E-state index contributed by atoms with van der Waals surface area (Å²) in [5.41, 5.74) is 0.879. The van der Waals surface area contributed by atoms with E-state index >= 15 is 0 Å². The number of carboxylic acids is 1. The van der Waals surface area contributed by atoms with Crippen LogP contribution in [0.3, 0.4) is 0 Å². The predicted octanol–water partition coefficient (Wildman–Crippen LogP) is 0.890. The van der Waals surface area contributed by atoms with Gasteiger partial charge >= 0.3 is 11.9 Å². The van der Waals surface area contributed by atoms with Gasteiger partial charge in [0.25, 0.3) is 11.8 Å². The molecule has 1 aromatic carbocycles. The van der Waals surface area contributed by atoms with E-state index in [1.54, 1.807) is 24.3 Å². The minimum absolute atomic E-state index is 0.263. The minimum Gasteiger partial charge on any atom is -0.481 e. The number of aliphatic carboxylic acids is 1. The van der Waals surface area contributed by atoms with Crippen LogP contribution in [0, 0.1) is 0 Å². The Hall–Kier alpha value is -2.76. The molecule has 1 aromatic rings. The summed E-state index contributed by atoms with van der Waals surface area (Å²) < 4.78 is 16.5. The van der Waals surface area contributed by atoms with Crippen molar-refractivity contribution in [3.8, 4) is 0 Å². The van der Waals surface area contributed by atoms with Crippen LogP contribution in [-0.4, -0.2) is 90.8 Å². The number of unbranched alkanes of at least 4 members (excludes halogenated alkanes) is 3. The number of aliphatic hydroxyl groups excluding tert-OH is 1. The standard InChI is InChI=1S/C23H28BNO9/c24-21-20(34-18(29)10-9-17(27)28)19(16(13-26)33-21)32-12-6-2-1-5-11-25-22(30)14-7-3-4-8-15(14)23(25)31/h3-4,7-8,16,19-21,26H,1-2,5-6,9-13H2,(H,27,28)/t16-,19?,20+,21-/m1/s1. The lowest BCUT2D eigenvalue weighted by molar-refractivity contribution is -0.158. The predicted molar refractivity (Wildman–Crippen MR) is 118 cm³/mol. The zero-order chi connectivity index (χ0) is 24.7. The van der Waals surface area contributed by atoms with Gasteiger partial charge in [0.2, 0.25) is 0 Å². The SMILES string of the molecule is [B][C@@H]1O[C@H](CO)C(OCCCCCCN2C(=O)c3ccccc3C2=O)[C@@H]1OC(=O)CCC(=O)O. The average Bonchev–Trinajstić information content (AvgIpc) is 3.25. The number of hydrogen-bond donors (Lipinski definition) is 2. The van der Waals surface area contributed by atoms with E-state index in [0.717, 1.165) is 12.8 Å². The van der Waals surface area contributed by atoms with E-state index in [-0.39, 0.29) is 31.3 Å². The molecule has 0 spiro atoms. The number of carbonyl (C=O) groups excluding carboxylic acids is 3. The van der Waals surface area contributed by atoms with Crippen molar-refractivity contribution in [2.24, 2.45) is 0 Å². The summed E-state index contributed by atoms with van der Waals surface area (Å²) in [5.74, 6) is -2.37. The number of nitrogens with zero attached hydrogens (tertiary/aromatic N) is 1. The highest BCUT2D eigenvalue weighted by Crippen LogP contribution is 2.26. The van der Waals surface area contributed by atoms with Crippen LogP contribution >= 0.6 is 0 Å². The summed E-state index contributed by atoms with van der Waals surface area (Å²) in [6.45, 7) is 0.273. The number of amides is 2. The first-order valence-corrected chi connectivity index (χ1v) is 11.3. The summed E-state index contributed by atoms with van der Waals surface area (Å²) in [7, 11) is 5.86. The highest BCUT2D eigenvalue weighted by Gasteiger charge is 2.45. The van der Waals surface area contributed by atoms with Crippen LogP contribution in [0.2, 0.25) is 0 Å². The molecule has 10 nitrogen and oxygen atoms in total. The van der Waals surface area contributed by atoms with Gasteiger partial charge in [-0.2, -0.15) is 0 Å². The largest absolute Gasteiger partial charge is 0.481 e. The van der Waals surface area contributed by atoms with Crippen LogP contribution in [-0.2, 0) is 23.8 Å². The van der Waals surface area contributed by atoms with Crippen LogP contribution in [0.5, 0.6) is 0 Å². The van der Waals surface area contributed by atoms with Crippen LogP contribution in [0.1, 0.15) is 59.2 Å². The third-order valence-electron chi connectivity index (χ3n) is 5.80. The van der Waals surface area contributed by atoms with Crippen LogP contribution in [0.25, 0.3) is 0 Å². The van der Waals surface area contributed by atoms with Gasteiger partial charge in [0.15, 0.2) is 0 Å². The van der Waals surface area contributed by atoms with Gasteiger partial charge in [-0.3, -0.25) is 24.1 Å². The number of rotatable bonds is 13. The first kappa shape index (κ1) is 25.9. The monoisotopic (exact) mass is 473 g/mol. The van der Waals surface area contributed by atoms with E-state index in [1.165, 1.54) is 4.90 Å². The van der Waals surface area contributed by atoms with Gasteiger partial charge in [-0.25, -0.2) is 0 Å². The molecule has 2 radical (unpaired) electrons. The maximum absolute atomic E-state index is 12.4. The fourth-order valence-corrected chi connectivity index (χ4v) is 4.05. The fourth-order valence-electron chi connectivity index (χ4n) is 4.05. The second-order valence-electron chi connectivity index (χ2n) is 8.23. The number of esters is 1. The van der Waals surface area contributed by atoms with Crippen molar-refractivity contribution in [1.29, 1.82) is 0 Å². The lowest BCUT2D eigenvalue weighted by Gasteiger charge is -2.23. The minimum atomic E-state index is -1.12. The average molecular weight is 473 g/mol. The van der Waals surface area contributed by atoms with E-state index in [0.29, 0.717) is 37.1 Å². The van der Waals surface area contributed by atoms with E-state index < -0.39 is 36.3 Å². The molecule has 2 N–H and O–H groups in total. The first-order valence-electron chi connectivity index (χ1n) is 11.3. The molecule has 2 amide bonds. The topological polar surface area (TPSA) is 140 Å². The molecule has 0 saturated carbocycles. The van der Waals surface area contributed by atoms with Gasteiger partial charge in [-0.1, -0.05) is 25.0 Å². The fraction of sp³-hybridized carbons (Fsp3) is 0.565. The molecule has 0 aromatic heterocycles. The van der Waals surface area contributed by atoms with Gasteiger partial charge in [0, 0.05) is 13.2 Å². The number of hydrogen-bond acceptors (Lipinski definition) is 8. The summed E-state index contributed by atoms with van der Waals surface area (Å²) in [4.78, 5) is 48.5. The van der Waals surface area contributed by atoms with Crippen molar-refractivity contribution < 1.29 is 43.6 Å². The number of aliphatic hydroxyl groups is 1. The van der Waals surface area contributed by atoms with Crippen molar-refractivity contribution in [3.63, 3.8) is 0 Å². The molecular formula is C23H28BNO9. The molecule has 11 heteroatoms. The molecule has 2 heterocycles. The summed E-state index contributed by atoms with van der Waals surface area (Å²) in [6, 6.07) is 5.79. The molecule has 0 aliphatic carbocycles. The van der Waals surface area contributed by atoms with Crippen LogP contribution in [0.15, 0.2) is 24.3 Å². The third-order valence-corrected chi connectivity index (χ3v) is 5.80. The van der Waals surface area contributed by atoms with Gasteiger partial charge in [0.1, 0.15) is 26.2 Å². The lowest BCUT2D eigenvalue weighted by atomic mass is 9.92. The zero-order valence-electron chi connectivity index (χ0n) is 18.8. The van der Waals surface area contributed by atoms with Gasteiger partial charge < -0.3 is 24.4 Å². The molecule has 2 aliphatic heterocycles. The Kier molecular flexibility index (Phi) is 9.20. The van der Waals surface area contributed by atoms with Crippen molar-refractivity contribution in [2.45, 2.75) is 62.8 Å². The van der Waals surface area contributed by atoms with Crippen LogP contribution in [0.4, 0.5) is 0 Å². The van der Waals surface area contributed by atoms with Gasteiger partial charge in [0.05, 0.1) is 36.6 Å². The number of ether oxygens (including phenoxy) is 3. The summed E-state index contributed by atoms with van der Waals surface area (Å²) in [5, 5.41) is 18.2. The maximum atomic E-state index is 12.4. The zero-order valence-corrected chi connectivity index (χ0v) is 18.8. The molecule has 1 saturated heterocycles. The Bertz CT molecular complexity index is 873. The van der Waals surface area contributed by atoms with Crippen molar-refractivity contribution in [2.75, 3.05) is 19.8 Å². The molecule has 1 fully saturated rings. The third kappa shape index (κ3) is 6.22. The Morgan fingerprint density at radius 1 is 1.00 bits per heavy atom. The van der Waals surface area contributed by atoms with Crippen molar-refractivity contribution in [1.82, 2.24) is 4.90 Å². The number of fused-ring (bicyclic) bond motifs is 1.